The molecular formula is C58H42N4S. The van der Waals surface area contributed by atoms with Crippen molar-refractivity contribution in [1.82, 2.24) is 14.5 Å². The van der Waals surface area contributed by atoms with Crippen LogP contribution in [0.1, 0.15) is 38.9 Å². The minimum Gasteiger partial charge on any atom is -0.309 e. The van der Waals surface area contributed by atoms with Crippen molar-refractivity contribution in [2.75, 3.05) is 6.54 Å². The first-order valence-electron chi connectivity index (χ1n) is 21.9. The monoisotopic (exact) mass is 826 g/mol. The van der Waals surface area contributed by atoms with Gasteiger partial charge in [-0.05, 0) is 87.8 Å². The van der Waals surface area contributed by atoms with Crippen molar-refractivity contribution in [1.29, 1.82) is 0 Å². The number of aromatic nitrogens is 2. The molecule has 0 amide bonds. The topological polar surface area (TPSA) is 47.9 Å². The van der Waals surface area contributed by atoms with Crippen molar-refractivity contribution in [3.63, 3.8) is 0 Å². The van der Waals surface area contributed by atoms with E-state index in [2.05, 4.69) is 227 Å². The molecule has 0 saturated heterocycles. The van der Waals surface area contributed by atoms with E-state index >= 15 is 0 Å². The highest BCUT2D eigenvalue weighted by atomic mass is 32.2. The molecule has 5 heteroatoms. The average molecular weight is 827 g/mol. The van der Waals surface area contributed by atoms with Crippen LogP contribution in [-0.4, -0.2) is 15.7 Å². The number of hydrogen-bond acceptors (Lipinski definition) is 3. The fourth-order valence-corrected chi connectivity index (χ4v) is 12.5. The maximum atomic E-state index is 7.57. The Balaban J connectivity index is 1.05. The van der Waals surface area contributed by atoms with E-state index in [9.17, 15) is 0 Å². The lowest BCUT2D eigenvalue weighted by Crippen LogP contribution is -2.52. The van der Waals surface area contributed by atoms with Gasteiger partial charge in [0.1, 0.15) is 5.66 Å². The summed E-state index contributed by atoms with van der Waals surface area (Å²) in [6.45, 7) is 0.721. The molecule has 0 radical (unpaired) electrons. The lowest BCUT2D eigenvalue weighted by Gasteiger charge is -2.45. The third-order valence-electron chi connectivity index (χ3n) is 13.8. The summed E-state index contributed by atoms with van der Waals surface area (Å²) < 4.78 is 4.97. The van der Waals surface area contributed by atoms with Crippen molar-refractivity contribution in [3.05, 3.63) is 251 Å². The number of fused-ring (bicyclic) bond motifs is 15. The number of benzene rings is 9. The summed E-state index contributed by atoms with van der Waals surface area (Å²) >= 11 is 1.92. The lowest BCUT2D eigenvalue weighted by atomic mass is 9.62. The molecule has 1 spiro atoms. The molecule has 9 aromatic carbocycles. The molecule has 2 atom stereocenters. The highest BCUT2D eigenvalue weighted by Crippen LogP contribution is 2.62. The first kappa shape index (κ1) is 36.5. The molecular weight excluding hydrogens is 785 g/mol. The van der Waals surface area contributed by atoms with Crippen LogP contribution < -0.4 is 11.1 Å². The summed E-state index contributed by atoms with van der Waals surface area (Å²) in [4.78, 5) is 2.58. The van der Waals surface area contributed by atoms with Crippen LogP contribution in [0.2, 0.25) is 0 Å². The van der Waals surface area contributed by atoms with E-state index in [1.54, 1.807) is 0 Å². The van der Waals surface area contributed by atoms with Crippen LogP contribution in [0.25, 0.3) is 55.0 Å². The Bertz CT molecular complexity index is 3610. The first-order chi connectivity index (χ1) is 31.1. The number of nitrogens with zero attached hydrogens (tertiary/aromatic N) is 2. The number of para-hydroxylation sites is 4. The van der Waals surface area contributed by atoms with Gasteiger partial charge in [-0.15, -0.1) is 0 Å². The molecule has 2 aliphatic heterocycles. The van der Waals surface area contributed by atoms with Crippen molar-refractivity contribution in [2.24, 2.45) is 5.73 Å². The normalized spacial score (nSPS) is 16.0. The van der Waals surface area contributed by atoms with Gasteiger partial charge >= 0.3 is 0 Å². The Labute approximate surface area is 370 Å². The fourth-order valence-electron chi connectivity index (χ4n) is 11.1. The lowest BCUT2D eigenvalue weighted by molar-refractivity contribution is 0.418. The second-order valence-electron chi connectivity index (χ2n) is 17.0. The van der Waals surface area contributed by atoms with Gasteiger partial charge in [0.2, 0.25) is 0 Å². The second kappa shape index (κ2) is 13.9. The van der Waals surface area contributed by atoms with Crippen LogP contribution in [0.3, 0.4) is 0 Å². The molecule has 0 bridgehead atoms. The summed E-state index contributed by atoms with van der Waals surface area (Å²) in [5.41, 5.74) is 21.8. The highest BCUT2D eigenvalue weighted by molar-refractivity contribution is 7.99. The Morgan fingerprint density at radius 2 is 1.13 bits per heavy atom. The number of nitrogens with two attached hydrogens (primary N) is 1. The van der Waals surface area contributed by atoms with E-state index in [1.165, 1.54) is 81.4 Å². The summed E-state index contributed by atoms with van der Waals surface area (Å²) in [6, 6.07) is 77.8. The van der Waals surface area contributed by atoms with E-state index in [4.69, 9.17) is 5.73 Å². The smallest absolute Gasteiger partial charge is 0.119 e. The molecule has 13 rings (SSSR count). The van der Waals surface area contributed by atoms with Crippen LogP contribution in [0.15, 0.2) is 222 Å². The number of nitrogens with one attached hydrogen (secondary N) is 1. The molecule has 11 aromatic rings. The molecule has 0 aliphatic carbocycles. The maximum Gasteiger partial charge on any atom is 0.119 e. The van der Waals surface area contributed by atoms with Crippen LogP contribution in [-0.2, 0) is 17.5 Å². The predicted octanol–water partition coefficient (Wildman–Crippen LogP) is 13.0. The van der Waals surface area contributed by atoms with Crippen LogP contribution in [0.4, 0.5) is 0 Å². The molecule has 2 unspecified atom stereocenters. The third-order valence-corrected chi connectivity index (χ3v) is 15.0. The molecule has 300 valence electrons. The van der Waals surface area contributed by atoms with Gasteiger partial charge in [-0.2, -0.15) is 0 Å². The Morgan fingerprint density at radius 1 is 0.492 bits per heavy atom. The quantitative estimate of drug-likeness (QED) is 0.157. The molecule has 0 fully saturated rings. The van der Waals surface area contributed by atoms with Gasteiger partial charge in [0.25, 0.3) is 0 Å². The van der Waals surface area contributed by atoms with Crippen molar-refractivity contribution < 1.29 is 0 Å². The van der Waals surface area contributed by atoms with E-state index in [0.717, 1.165) is 35.3 Å². The second-order valence-corrected chi connectivity index (χ2v) is 18.0. The molecule has 4 nitrogen and oxygen atoms in total. The van der Waals surface area contributed by atoms with Gasteiger partial charge in [0, 0.05) is 43.6 Å². The largest absolute Gasteiger partial charge is 0.309 e. The van der Waals surface area contributed by atoms with Crippen molar-refractivity contribution in [2.45, 2.75) is 27.3 Å². The molecule has 63 heavy (non-hydrogen) atoms. The minimum atomic E-state index is -0.923. The van der Waals surface area contributed by atoms with E-state index < -0.39 is 11.1 Å². The molecule has 0 saturated carbocycles. The minimum absolute atomic E-state index is 0.560. The van der Waals surface area contributed by atoms with Gasteiger partial charge in [-0.3, -0.25) is 5.32 Å². The summed E-state index contributed by atoms with van der Waals surface area (Å²) in [5.74, 6) is 0. The summed E-state index contributed by atoms with van der Waals surface area (Å²) in [5, 5.41) is 8.87. The van der Waals surface area contributed by atoms with E-state index in [1.807, 2.05) is 11.8 Å². The molecule has 3 N–H and O–H groups in total. The maximum absolute atomic E-state index is 7.57. The van der Waals surface area contributed by atoms with Crippen LogP contribution >= 0.6 is 11.8 Å². The zero-order valence-electron chi connectivity index (χ0n) is 34.5. The van der Waals surface area contributed by atoms with Crippen molar-refractivity contribution >= 4 is 55.4 Å². The number of hydrogen-bond donors (Lipinski definition) is 2. The molecule has 2 aromatic heterocycles. The van der Waals surface area contributed by atoms with E-state index in [-0.39, 0.29) is 0 Å². The average Bonchev–Trinajstić information content (AvgIpc) is 3.87. The van der Waals surface area contributed by atoms with Crippen LogP contribution in [0, 0.1) is 0 Å². The zero-order chi connectivity index (χ0) is 41.7. The van der Waals surface area contributed by atoms with E-state index in [0.29, 0.717) is 0 Å². The Kier molecular flexibility index (Phi) is 8.07. The standard InChI is InChI=1S/C58H42N4S/c59-58(39-19-5-2-6-20-39,60-36-35-38-17-3-1-4-18-38)40-21-15-22-41(37-40)61-50-30-12-8-24-44(50)54-52(61)34-33-48-56(54)63-53-32-14-10-27-46(53)57(48)45-26-9-13-31-51(45)62-49-29-11-7-23-42(49)43-25-16-28-47(57)55(43)62/h1-34,37,60H,35-36,59H2. The Hall–Kier alpha value is -7.15. The van der Waals surface area contributed by atoms with Gasteiger partial charge in [0.15, 0.2) is 0 Å². The number of rotatable bonds is 7. The van der Waals surface area contributed by atoms with Gasteiger partial charge in [0.05, 0.1) is 33.2 Å². The summed E-state index contributed by atoms with van der Waals surface area (Å²) in [6.07, 6.45) is 0.869. The van der Waals surface area contributed by atoms with Gasteiger partial charge in [-0.1, -0.05) is 182 Å². The van der Waals surface area contributed by atoms with Gasteiger partial charge in [-0.25, -0.2) is 0 Å². The Morgan fingerprint density at radius 3 is 1.97 bits per heavy atom. The predicted molar refractivity (Wildman–Crippen MR) is 261 cm³/mol. The fraction of sp³-hybridized carbons (Fsp3) is 0.0690. The SMILES string of the molecule is NC(NCCc1ccccc1)(c1ccccc1)c1cccc(-n2c3ccccc3c3c4c(ccc32)C2(c3ccccc3S4)c3ccccc3-n3c4ccccc4c4cccc2c43)c1. The highest BCUT2D eigenvalue weighted by Gasteiger charge is 2.50. The first-order valence-corrected chi connectivity index (χ1v) is 22.7. The zero-order valence-corrected chi connectivity index (χ0v) is 35.3. The van der Waals surface area contributed by atoms with Gasteiger partial charge < -0.3 is 14.9 Å². The molecule has 2 aliphatic rings. The van der Waals surface area contributed by atoms with Crippen LogP contribution in [0.5, 0.6) is 0 Å². The molecule has 4 heterocycles. The third kappa shape index (κ3) is 5.13. The van der Waals surface area contributed by atoms with Crippen molar-refractivity contribution in [3.8, 4) is 11.4 Å². The summed E-state index contributed by atoms with van der Waals surface area (Å²) in [7, 11) is 0.